The molecule has 1 fully saturated rings. The zero-order chi connectivity index (χ0) is 10.4. The van der Waals surface area contributed by atoms with Crippen LogP contribution in [-0.4, -0.2) is 25.9 Å². The van der Waals surface area contributed by atoms with Crippen molar-refractivity contribution in [1.29, 1.82) is 0 Å². The molecule has 3 heteroatoms. The molecular weight excluding hydrogens is 178 g/mol. The molecule has 0 radical (unpaired) electrons. The molecule has 14 heavy (non-hydrogen) atoms. The van der Waals surface area contributed by atoms with Gasteiger partial charge in [0.15, 0.2) is 0 Å². The summed E-state index contributed by atoms with van der Waals surface area (Å²) in [6.45, 7) is 5.06. The van der Waals surface area contributed by atoms with E-state index in [4.69, 9.17) is 9.57 Å². The Bertz CT molecular complexity index is 144. The molecule has 0 amide bonds. The Balaban J connectivity index is 2.17. The fraction of sp³-hybridized carbons (Fsp3) is 1.00. The van der Waals surface area contributed by atoms with E-state index in [1.807, 2.05) is 0 Å². The maximum atomic E-state index is 5.65. The third kappa shape index (κ3) is 3.95. The van der Waals surface area contributed by atoms with Crippen molar-refractivity contribution in [2.24, 2.45) is 5.92 Å². The fourth-order valence-corrected chi connectivity index (χ4v) is 1.73. The zero-order valence-electron chi connectivity index (χ0n) is 9.58. The molecule has 0 saturated heterocycles. The van der Waals surface area contributed by atoms with Crippen LogP contribution in [-0.2, 0) is 9.57 Å². The van der Waals surface area contributed by atoms with Crippen LogP contribution in [0.1, 0.15) is 39.5 Å². The van der Waals surface area contributed by atoms with Gasteiger partial charge in [-0.2, -0.15) is 5.48 Å². The van der Waals surface area contributed by atoms with Crippen LogP contribution in [0.15, 0.2) is 0 Å². The number of hydrogen-bond donors (Lipinski definition) is 1. The Morgan fingerprint density at radius 1 is 1.29 bits per heavy atom. The number of rotatable bonds is 6. The first kappa shape index (κ1) is 12.0. The van der Waals surface area contributed by atoms with Gasteiger partial charge in [0.05, 0.1) is 18.8 Å². The van der Waals surface area contributed by atoms with Crippen LogP contribution in [0.25, 0.3) is 0 Å². The average Bonchev–Trinajstić information content (AvgIpc) is 2.64. The lowest BCUT2D eigenvalue weighted by Gasteiger charge is -2.23. The monoisotopic (exact) mass is 201 g/mol. The van der Waals surface area contributed by atoms with Gasteiger partial charge in [0.2, 0.25) is 0 Å². The summed E-state index contributed by atoms with van der Waals surface area (Å²) in [5.41, 5.74) is 3.14. The minimum Gasteiger partial charge on any atom is -0.383 e. The highest BCUT2D eigenvalue weighted by molar-refractivity contribution is 4.69. The number of hydrogen-bond acceptors (Lipinski definition) is 3. The van der Waals surface area contributed by atoms with Crippen molar-refractivity contribution in [3.63, 3.8) is 0 Å². The Morgan fingerprint density at radius 2 is 1.93 bits per heavy atom. The maximum Gasteiger partial charge on any atom is 0.0790 e. The van der Waals surface area contributed by atoms with Gasteiger partial charge in [-0.25, -0.2) is 0 Å². The molecule has 0 heterocycles. The minimum atomic E-state index is 0.306. The van der Waals surface area contributed by atoms with Gasteiger partial charge in [-0.15, -0.1) is 0 Å². The van der Waals surface area contributed by atoms with Crippen LogP contribution in [0.4, 0.5) is 0 Å². The molecule has 0 bridgehead atoms. The largest absolute Gasteiger partial charge is 0.383 e. The van der Waals surface area contributed by atoms with Crippen LogP contribution in [0.2, 0.25) is 0 Å². The quantitative estimate of drug-likeness (QED) is 0.668. The molecule has 0 aromatic rings. The van der Waals surface area contributed by atoms with Crippen molar-refractivity contribution in [1.82, 2.24) is 5.48 Å². The van der Waals surface area contributed by atoms with Gasteiger partial charge in [-0.3, -0.25) is 4.84 Å². The van der Waals surface area contributed by atoms with Crippen molar-refractivity contribution in [2.75, 3.05) is 13.7 Å². The predicted molar refractivity (Wildman–Crippen MR) is 57.0 cm³/mol. The number of nitrogens with one attached hydrogen (secondary N) is 1. The topological polar surface area (TPSA) is 30.5 Å². The molecule has 1 atom stereocenters. The fourth-order valence-electron chi connectivity index (χ4n) is 1.73. The Hall–Kier alpha value is -0.120. The predicted octanol–water partition coefficient (Wildman–Crippen LogP) is 2.12. The van der Waals surface area contributed by atoms with E-state index in [1.54, 1.807) is 7.11 Å². The van der Waals surface area contributed by atoms with Gasteiger partial charge < -0.3 is 4.74 Å². The van der Waals surface area contributed by atoms with E-state index in [1.165, 1.54) is 25.7 Å². The summed E-state index contributed by atoms with van der Waals surface area (Å²) >= 11 is 0. The first-order valence-electron chi connectivity index (χ1n) is 5.64. The van der Waals surface area contributed by atoms with Crippen molar-refractivity contribution < 1.29 is 9.57 Å². The highest BCUT2D eigenvalue weighted by Gasteiger charge is 2.19. The Morgan fingerprint density at radius 3 is 2.43 bits per heavy atom. The van der Waals surface area contributed by atoms with Gasteiger partial charge in [0.1, 0.15) is 0 Å². The lowest BCUT2D eigenvalue weighted by molar-refractivity contribution is -0.0615. The summed E-state index contributed by atoms with van der Waals surface area (Å²) in [5, 5.41) is 0. The Kier molecular flexibility index (Phi) is 5.45. The zero-order valence-corrected chi connectivity index (χ0v) is 9.58. The molecule has 0 spiro atoms. The van der Waals surface area contributed by atoms with E-state index in [0.717, 1.165) is 0 Å². The van der Waals surface area contributed by atoms with E-state index in [0.29, 0.717) is 24.7 Å². The Labute approximate surface area is 87.1 Å². The number of hydroxylamine groups is 1. The SMILES string of the molecule is COCC(NOC1CCCC1)C(C)C. The molecule has 0 aliphatic heterocycles. The van der Waals surface area contributed by atoms with E-state index in [-0.39, 0.29) is 0 Å². The van der Waals surface area contributed by atoms with Crippen LogP contribution in [0.3, 0.4) is 0 Å². The van der Waals surface area contributed by atoms with E-state index in [2.05, 4.69) is 19.3 Å². The second kappa shape index (κ2) is 6.38. The molecule has 1 aliphatic rings. The summed E-state index contributed by atoms with van der Waals surface area (Å²) in [7, 11) is 1.73. The molecule has 3 nitrogen and oxygen atoms in total. The molecule has 1 saturated carbocycles. The highest BCUT2D eigenvalue weighted by Crippen LogP contribution is 2.20. The smallest absolute Gasteiger partial charge is 0.0790 e. The summed E-state index contributed by atoms with van der Waals surface area (Å²) in [6.07, 6.45) is 5.44. The van der Waals surface area contributed by atoms with Crippen molar-refractivity contribution in [2.45, 2.75) is 51.7 Å². The van der Waals surface area contributed by atoms with E-state index >= 15 is 0 Å². The maximum absolute atomic E-state index is 5.65. The highest BCUT2D eigenvalue weighted by atomic mass is 16.7. The second-order valence-corrected chi connectivity index (χ2v) is 4.45. The first-order chi connectivity index (χ1) is 6.74. The summed E-state index contributed by atoms with van der Waals surface area (Å²) in [5.74, 6) is 0.538. The van der Waals surface area contributed by atoms with Gasteiger partial charge >= 0.3 is 0 Å². The standard InChI is InChI=1S/C11H23NO2/c1-9(2)11(8-13-3)12-14-10-6-4-5-7-10/h9-12H,4-8H2,1-3H3. The normalized spacial score (nSPS) is 20.6. The lowest BCUT2D eigenvalue weighted by atomic mass is 10.1. The molecular formula is C11H23NO2. The molecule has 1 unspecified atom stereocenters. The number of ether oxygens (including phenoxy) is 1. The minimum absolute atomic E-state index is 0.306. The van der Waals surface area contributed by atoms with Crippen molar-refractivity contribution >= 4 is 0 Å². The van der Waals surface area contributed by atoms with Gasteiger partial charge in [0, 0.05) is 7.11 Å². The van der Waals surface area contributed by atoms with Gasteiger partial charge in [-0.1, -0.05) is 26.7 Å². The van der Waals surface area contributed by atoms with Gasteiger partial charge in [-0.05, 0) is 18.8 Å². The third-order valence-electron chi connectivity index (χ3n) is 2.84. The van der Waals surface area contributed by atoms with E-state index in [9.17, 15) is 0 Å². The first-order valence-corrected chi connectivity index (χ1v) is 5.64. The summed E-state index contributed by atoms with van der Waals surface area (Å²) in [4.78, 5) is 5.65. The van der Waals surface area contributed by atoms with E-state index < -0.39 is 0 Å². The van der Waals surface area contributed by atoms with Crippen LogP contribution in [0.5, 0.6) is 0 Å². The van der Waals surface area contributed by atoms with Crippen molar-refractivity contribution in [3.05, 3.63) is 0 Å². The van der Waals surface area contributed by atoms with Crippen LogP contribution >= 0.6 is 0 Å². The molecule has 84 valence electrons. The van der Waals surface area contributed by atoms with Crippen LogP contribution < -0.4 is 5.48 Å². The molecule has 1 rings (SSSR count). The average molecular weight is 201 g/mol. The summed E-state index contributed by atoms with van der Waals surface area (Å²) in [6, 6.07) is 0.306. The molecule has 0 aromatic carbocycles. The molecule has 1 N–H and O–H groups in total. The summed E-state index contributed by atoms with van der Waals surface area (Å²) < 4.78 is 5.14. The second-order valence-electron chi connectivity index (χ2n) is 4.45. The third-order valence-corrected chi connectivity index (χ3v) is 2.84. The lowest BCUT2D eigenvalue weighted by Crippen LogP contribution is -2.39. The molecule has 1 aliphatic carbocycles. The van der Waals surface area contributed by atoms with Crippen LogP contribution in [0, 0.1) is 5.92 Å². The number of methoxy groups -OCH3 is 1. The van der Waals surface area contributed by atoms with Crippen molar-refractivity contribution in [3.8, 4) is 0 Å². The van der Waals surface area contributed by atoms with Gasteiger partial charge in [0.25, 0.3) is 0 Å². The molecule has 0 aromatic heterocycles.